The Balaban J connectivity index is 2.33. The van der Waals surface area contributed by atoms with Crippen LogP contribution in [0.5, 0.6) is 0 Å². The quantitative estimate of drug-likeness (QED) is 0.656. The van der Waals surface area contributed by atoms with Crippen LogP contribution in [0.3, 0.4) is 0 Å². The Bertz CT molecular complexity index is 564. The van der Waals surface area contributed by atoms with Crippen molar-refractivity contribution in [2.45, 2.75) is 57.4 Å². The first-order valence-corrected chi connectivity index (χ1v) is 9.18. The predicted molar refractivity (Wildman–Crippen MR) is 98.5 cm³/mol. The van der Waals surface area contributed by atoms with E-state index in [0.29, 0.717) is 28.2 Å². The van der Waals surface area contributed by atoms with Gasteiger partial charge in [-0.05, 0) is 57.0 Å². The molecular weight excluding hydrogens is 329 g/mol. The molecule has 1 fully saturated rings. The lowest BCUT2D eigenvalue weighted by Gasteiger charge is -2.50. The molecule has 0 saturated heterocycles. The van der Waals surface area contributed by atoms with E-state index in [1.165, 1.54) is 0 Å². The number of likely N-dealkylation sites (N-methyl/N-ethyl adjacent to an activating group) is 1. The molecule has 23 heavy (non-hydrogen) atoms. The van der Waals surface area contributed by atoms with Crippen LogP contribution in [-0.4, -0.2) is 30.8 Å². The highest BCUT2D eigenvalue weighted by Crippen LogP contribution is 2.49. The van der Waals surface area contributed by atoms with E-state index in [2.05, 4.69) is 18.7 Å². The number of carbonyl (C=O) groups excluding carboxylic acids is 1. The van der Waals surface area contributed by atoms with Gasteiger partial charge in [0.2, 0.25) is 0 Å². The molecule has 0 radical (unpaired) electrons. The summed E-state index contributed by atoms with van der Waals surface area (Å²) in [4.78, 5) is 15.0. The van der Waals surface area contributed by atoms with E-state index < -0.39 is 0 Å². The van der Waals surface area contributed by atoms with E-state index in [1.807, 2.05) is 32.3 Å². The average Bonchev–Trinajstić information content (AvgIpc) is 2.42. The molecule has 0 bridgehead atoms. The largest absolute Gasteiger partial charge is 0.299 e. The summed E-state index contributed by atoms with van der Waals surface area (Å²) in [6, 6.07) is 5.76. The smallest absolute Gasteiger partial charge is 0.150 e. The molecule has 0 amide bonds. The Morgan fingerprint density at radius 1 is 1.22 bits per heavy atom. The van der Waals surface area contributed by atoms with Crippen LogP contribution in [0, 0.1) is 5.92 Å². The molecular formula is C19H27Cl2NO. The zero-order valence-electron chi connectivity index (χ0n) is 14.5. The molecule has 1 aromatic rings. The minimum absolute atomic E-state index is 0.0905. The monoisotopic (exact) mass is 355 g/mol. The number of nitrogens with zero attached hydrogens (tertiary/aromatic N) is 1. The summed E-state index contributed by atoms with van der Waals surface area (Å²) < 4.78 is 0. The van der Waals surface area contributed by atoms with Crippen molar-refractivity contribution in [1.82, 2.24) is 4.90 Å². The number of halogens is 2. The van der Waals surface area contributed by atoms with Crippen LogP contribution in [0.2, 0.25) is 10.0 Å². The SMILES string of the molecule is CC(C)CCC(=O)C(N(C)C)C1(c2ccc(Cl)c(Cl)c2)CCC1. The van der Waals surface area contributed by atoms with Crippen molar-refractivity contribution in [2.75, 3.05) is 14.1 Å². The molecule has 4 heteroatoms. The Labute approximate surface area is 150 Å². The summed E-state index contributed by atoms with van der Waals surface area (Å²) in [6.07, 6.45) is 4.80. The van der Waals surface area contributed by atoms with Crippen LogP contribution >= 0.6 is 23.2 Å². The topological polar surface area (TPSA) is 20.3 Å². The summed E-state index contributed by atoms with van der Waals surface area (Å²) in [6.45, 7) is 4.33. The number of rotatable bonds is 7. The number of Topliss-reactive ketones (excluding diaryl/α,β-unsaturated/α-hetero) is 1. The normalized spacial score (nSPS) is 18.1. The predicted octanol–water partition coefficient (Wildman–Crippen LogP) is 5.35. The second kappa shape index (κ2) is 7.55. The van der Waals surface area contributed by atoms with E-state index >= 15 is 0 Å². The molecule has 1 aromatic carbocycles. The van der Waals surface area contributed by atoms with Crippen LogP contribution in [0.25, 0.3) is 0 Å². The van der Waals surface area contributed by atoms with Gasteiger partial charge in [0.15, 0.2) is 5.78 Å². The second-order valence-electron chi connectivity index (χ2n) is 7.40. The lowest BCUT2D eigenvalue weighted by atomic mass is 9.58. The first kappa shape index (κ1) is 18.8. The van der Waals surface area contributed by atoms with E-state index in [4.69, 9.17) is 23.2 Å². The standard InChI is InChI=1S/C19H27Cl2NO/c1-13(2)6-9-17(23)18(22(3)4)19(10-5-11-19)14-7-8-15(20)16(21)12-14/h7-8,12-13,18H,5-6,9-11H2,1-4H3. The first-order valence-electron chi connectivity index (χ1n) is 8.42. The van der Waals surface area contributed by atoms with Crippen LogP contribution in [-0.2, 0) is 10.2 Å². The third-order valence-electron chi connectivity index (χ3n) is 5.05. The van der Waals surface area contributed by atoms with Crippen molar-refractivity contribution in [1.29, 1.82) is 0 Å². The Kier molecular flexibility index (Phi) is 6.16. The Morgan fingerprint density at radius 2 is 1.87 bits per heavy atom. The van der Waals surface area contributed by atoms with Gasteiger partial charge in [0.25, 0.3) is 0 Å². The van der Waals surface area contributed by atoms with Gasteiger partial charge in [0, 0.05) is 11.8 Å². The molecule has 0 aromatic heterocycles. The number of hydrogen-bond acceptors (Lipinski definition) is 2. The van der Waals surface area contributed by atoms with E-state index in [9.17, 15) is 4.79 Å². The molecule has 0 aliphatic heterocycles. The highest BCUT2D eigenvalue weighted by molar-refractivity contribution is 6.42. The van der Waals surface area contributed by atoms with Crippen molar-refractivity contribution in [3.05, 3.63) is 33.8 Å². The molecule has 0 N–H and O–H groups in total. The molecule has 1 aliphatic rings. The number of ketones is 1. The highest BCUT2D eigenvalue weighted by atomic mass is 35.5. The Morgan fingerprint density at radius 3 is 2.30 bits per heavy atom. The summed E-state index contributed by atoms with van der Waals surface area (Å²) in [5.74, 6) is 0.888. The van der Waals surface area contributed by atoms with E-state index in [0.717, 1.165) is 31.2 Å². The maximum absolute atomic E-state index is 13.0. The fourth-order valence-corrected chi connectivity index (χ4v) is 4.04. The van der Waals surface area contributed by atoms with Crippen molar-refractivity contribution in [3.8, 4) is 0 Å². The van der Waals surface area contributed by atoms with Gasteiger partial charge in [-0.25, -0.2) is 0 Å². The zero-order valence-corrected chi connectivity index (χ0v) is 16.0. The summed E-state index contributed by atoms with van der Waals surface area (Å²) in [5, 5.41) is 1.14. The van der Waals surface area contributed by atoms with Gasteiger partial charge in [0.05, 0.1) is 16.1 Å². The second-order valence-corrected chi connectivity index (χ2v) is 8.22. The van der Waals surface area contributed by atoms with Gasteiger partial charge < -0.3 is 0 Å². The van der Waals surface area contributed by atoms with Gasteiger partial charge >= 0.3 is 0 Å². The lowest BCUT2D eigenvalue weighted by molar-refractivity contribution is -0.127. The molecule has 128 valence electrons. The van der Waals surface area contributed by atoms with Crippen LogP contribution in [0.1, 0.15) is 51.5 Å². The fourth-order valence-electron chi connectivity index (χ4n) is 3.74. The maximum atomic E-state index is 13.0. The number of benzene rings is 1. The summed E-state index contributed by atoms with van der Waals surface area (Å²) in [7, 11) is 4.02. The van der Waals surface area contributed by atoms with Gasteiger partial charge in [-0.1, -0.05) is 49.5 Å². The maximum Gasteiger partial charge on any atom is 0.150 e. The van der Waals surface area contributed by atoms with Crippen LogP contribution < -0.4 is 0 Å². The highest BCUT2D eigenvalue weighted by Gasteiger charge is 2.49. The molecule has 1 unspecified atom stereocenters. The van der Waals surface area contributed by atoms with Gasteiger partial charge in [-0.15, -0.1) is 0 Å². The average molecular weight is 356 g/mol. The lowest BCUT2D eigenvalue weighted by Crippen LogP contribution is -2.56. The Hall–Kier alpha value is -0.570. The number of carbonyl (C=O) groups is 1. The molecule has 0 spiro atoms. The third kappa shape index (κ3) is 3.92. The first-order chi connectivity index (χ1) is 10.8. The molecule has 1 atom stereocenters. The summed E-state index contributed by atoms with van der Waals surface area (Å²) in [5.41, 5.74) is 1.03. The number of hydrogen-bond donors (Lipinski definition) is 0. The van der Waals surface area contributed by atoms with Gasteiger partial charge in [0.1, 0.15) is 0 Å². The fraction of sp³-hybridized carbons (Fsp3) is 0.632. The van der Waals surface area contributed by atoms with Crippen molar-refractivity contribution in [2.24, 2.45) is 5.92 Å². The summed E-state index contributed by atoms with van der Waals surface area (Å²) >= 11 is 12.3. The van der Waals surface area contributed by atoms with Gasteiger partial charge in [-0.3, -0.25) is 9.69 Å². The van der Waals surface area contributed by atoms with Crippen LogP contribution in [0.15, 0.2) is 18.2 Å². The van der Waals surface area contributed by atoms with E-state index in [-0.39, 0.29) is 11.5 Å². The molecule has 1 aliphatic carbocycles. The van der Waals surface area contributed by atoms with Crippen molar-refractivity contribution >= 4 is 29.0 Å². The molecule has 0 heterocycles. The molecule has 2 nitrogen and oxygen atoms in total. The molecule has 2 rings (SSSR count). The van der Waals surface area contributed by atoms with Crippen molar-refractivity contribution in [3.63, 3.8) is 0 Å². The van der Waals surface area contributed by atoms with E-state index in [1.54, 1.807) is 0 Å². The van der Waals surface area contributed by atoms with Gasteiger partial charge in [-0.2, -0.15) is 0 Å². The minimum Gasteiger partial charge on any atom is -0.299 e. The van der Waals surface area contributed by atoms with Crippen molar-refractivity contribution < 1.29 is 4.79 Å². The molecule has 1 saturated carbocycles. The van der Waals surface area contributed by atoms with Crippen LogP contribution in [0.4, 0.5) is 0 Å². The minimum atomic E-state index is -0.119. The third-order valence-corrected chi connectivity index (χ3v) is 5.79. The zero-order chi connectivity index (χ0) is 17.2.